The summed E-state index contributed by atoms with van der Waals surface area (Å²) in [4.78, 5) is 2.51. The van der Waals surface area contributed by atoms with E-state index in [0.717, 1.165) is 12.5 Å². The molecule has 16 heavy (non-hydrogen) atoms. The topological polar surface area (TPSA) is 15.3 Å². The molecule has 0 amide bonds. The molecule has 1 N–H and O–H groups in total. The SMILES string of the molecule is CNC1CCN(c2cccc(C)c2)CC1C. The predicted molar refractivity (Wildman–Crippen MR) is 70.0 cm³/mol. The van der Waals surface area contributed by atoms with Crippen LogP contribution in [0.1, 0.15) is 18.9 Å². The summed E-state index contributed by atoms with van der Waals surface area (Å²) in [7, 11) is 2.07. The van der Waals surface area contributed by atoms with Gasteiger partial charge < -0.3 is 10.2 Å². The lowest BCUT2D eigenvalue weighted by Gasteiger charge is -2.38. The highest BCUT2D eigenvalue weighted by Crippen LogP contribution is 2.23. The average molecular weight is 218 g/mol. The van der Waals surface area contributed by atoms with Crippen LogP contribution in [-0.2, 0) is 0 Å². The molecule has 1 aromatic rings. The van der Waals surface area contributed by atoms with E-state index >= 15 is 0 Å². The van der Waals surface area contributed by atoms with Crippen LogP contribution in [0, 0.1) is 12.8 Å². The lowest BCUT2D eigenvalue weighted by molar-refractivity contribution is 0.339. The van der Waals surface area contributed by atoms with Crippen molar-refractivity contribution >= 4 is 5.69 Å². The monoisotopic (exact) mass is 218 g/mol. The maximum atomic E-state index is 3.41. The van der Waals surface area contributed by atoms with E-state index in [1.807, 2.05) is 0 Å². The van der Waals surface area contributed by atoms with E-state index < -0.39 is 0 Å². The lowest BCUT2D eigenvalue weighted by atomic mass is 9.93. The number of hydrogen-bond acceptors (Lipinski definition) is 2. The number of anilines is 1. The molecule has 0 saturated carbocycles. The summed E-state index contributed by atoms with van der Waals surface area (Å²) in [6.07, 6.45) is 1.24. The number of aryl methyl sites for hydroxylation is 1. The van der Waals surface area contributed by atoms with E-state index in [1.54, 1.807) is 0 Å². The molecular formula is C14H22N2. The Labute approximate surface area is 98.7 Å². The summed E-state index contributed by atoms with van der Waals surface area (Å²) in [5.74, 6) is 0.722. The zero-order chi connectivity index (χ0) is 11.5. The highest BCUT2D eigenvalue weighted by atomic mass is 15.2. The fourth-order valence-corrected chi connectivity index (χ4v) is 2.63. The number of piperidine rings is 1. The van der Waals surface area contributed by atoms with Crippen LogP contribution in [0.3, 0.4) is 0 Å². The van der Waals surface area contributed by atoms with Gasteiger partial charge in [0.1, 0.15) is 0 Å². The van der Waals surface area contributed by atoms with Gasteiger partial charge in [-0.3, -0.25) is 0 Å². The van der Waals surface area contributed by atoms with Crippen molar-refractivity contribution in [3.8, 4) is 0 Å². The Kier molecular flexibility index (Phi) is 3.49. The molecule has 2 heteroatoms. The van der Waals surface area contributed by atoms with Gasteiger partial charge in [-0.2, -0.15) is 0 Å². The fraction of sp³-hybridized carbons (Fsp3) is 0.571. The molecule has 0 aromatic heterocycles. The molecule has 1 aliphatic heterocycles. The standard InChI is InChI=1S/C14H22N2/c1-11-5-4-6-13(9-11)16-8-7-14(15-3)12(2)10-16/h4-6,9,12,14-15H,7-8,10H2,1-3H3. The van der Waals surface area contributed by atoms with Crippen LogP contribution in [0.15, 0.2) is 24.3 Å². The second kappa shape index (κ2) is 4.88. The van der Waals surface area contributed by atoms with E-state index in [0.29, 0.717) is 6.04 Å². The van der Waals surface area contributed by atoms with E-state index in [2.05, 4.69) is 55.4 Å². The molecule has 1 aromatic carbocycles. The molecule has 0 aliphatic carbocycles. The van der Waals surface area contributed by atoms with Gasteiger partial charge in [0.2, 0.25) is 0 Å². The predicted octanol–water partition coefficient (Wildman–Crippen LogP) is 2.43. The average Bonchev–Trinajstić information content (AvgIpc) is 2.29. The van der Waals surface area contributed by atoms with Gasteiger partial charge in [0.25, 0.3) is 0 Å². The minimum absolute atomic E-state index is 0.682. The van der Waals surface area contributed by atoms with Crippen molar-refractivity contribution < 1.29 is 0 Å². The van der Waals surface area contributed by atoms with Crippen molar-refractivity contribution in [3.63, 3.8) is 0 Å². The Morgan fingerprint density at radius 3 is 2.81 bits per heavy atom. The number of nitrogens with one attached hydrogen (secondary N) is 1. The third-order valence-electron chi connectivity index (χ3n) is 3.64. The second-order valence-electron chi connectivity index (χ2n) is 4.95. The Morgan fingerprint density at radius 2 is 2.19 bits per heavy atom. The minimum Gasteiger partial charge on any atom is -0.371 e. The van der Waals surface area contributed by atoms with Crippen LogP contribution < -0.4 is 10.2 Å². The molecule has 1 saturated heterocycles. The molecule has 0 bridgehead atoms. The molecule has 0 spiro atoms. The number of rotatable bonds is 2. The van der Waals surface area contributed by atoms with Crippen LogP contribution in [0.5, 0.6) is 0 Å². The highest BCUT2D eigenvalue weighted by molar-refractivity contribution is 5.48. The summed E-state index contributed by atoms with van der Waals surface area (Å²) in [6, 6.07) is 9.50. The van der Waals surface area contributed by atoms with Gasteiger partial charge in [0.15, 0.2) is 0 Å². The second-order valence-corrected chi connectivity index (χ2v) is 4.95. The van der Waals surface area contributed by atoms with Gasteiger partial charge >= 0.3 is 0 Å². The first-order chi connectivity index (χ1) is 7.70. The molecule has 1 heterocycles. The number of nitrogens with zero attached hydrogens (tertiary/aromatic N) is 1. The first kappa shape index (κ1) is 11.5. The molecule has 0 radical (unpaired) electrons. The van der Waals surface area contributed by atoms with E-state index in [-0.39, 0.29) is 0 Å². The molecule has 2 nitrogen and oxygen atoms in total. The maximum absolute atomic E-state index is 3.41. The molecule has 2 atom stereocenters. The summed E-state index contributed by atoms with van der Waals surface area (Å²) in [6.45, 7) is 6.82. The van der Waals surface area contributed by atoms with Crippen LogP contribution >= 0.6 is 0 Å². The van der Waals surface area contributed by atoms with Gasteiger partial charge in [0, 0.05) is 24.8 Å². The Bertz CT molecular complexity index is 348. The van der Waals surface area contributed by atoms with Crippen molar-refractivity contribution in [2.45, 2.75) is 26.3 Å². The van der Waals surface area contributed by atoms with Crippen LogP contribution in [0.25, 0.3) is 0 Å². The quantitative estimate of drug-likeness (QED) is 0.820. The molecule has 2 rings (SSSR count). The van der Waals surface area contributed by atoms with Crippen molar-refractivity contribution in [3.05, 3.63) is 29.8 Å². The summed E-state index contributed by atoms with van der Waals surface area (Å²) in [5, 5.41) is 3.41. The zero-order valence-corrected chi connectivity index (χ0v) is 10.5. The van der Waals surface area contributed by atoms with Gasteiger partial charge in [-0.05, 0) is 44.0 Å². The van der Waals surface area contributed by atoms with Gasteiger partial charge in [0.05, 0.1) is 0 Å². The van der Waals surface area contributed by atoms with Gasteiger partial charge in [-0.25, -0.2) is 0 Å². The molecule has 88 valence electrons. The zero-order valence-electron chi connectivity index (χ0n) is 10.5. The Hall–Kier alpha value is -1.02. The Morgan fingerprint density at radius 1 is 1.38 bits per heavy atom. The van der Waals surface area contributed by atoms with E-state index in [4.69, 9.17) is 0 Å². The summed E-state index contributed by atoms with van der Waals surface area (Å²) >= 11 is 0. The van der Waals surface area contributed by atoms with E-state index in [9.17, 15) is 0 Å². The minimum atomic E-state index is 0.682. The van der Waals surface area contributed by atoms with Gasteiger partial charge in [-0.15, -0.1) is 0 Å². The third-order valence-corrected chi connectivity index (χ3v) is 3.64. The third kappa shape index (κ3) is 2.38. The molecule has 1 aliphatic rings. The summed E-state index contributed by atoms with van der Waals surface area (Å²) in [5.41, 5.74) is 2.72. The van der Waals surface area contributed by atoms with Crippen molar-refractivity contribution in [1.82, 2.24) is 5.32 Å². The van der Waals surface area contributed by atoms with Gasteiger partial charge in [-0.1, -0.05) is 19.1 Å². The molecule has 1 fully saturated rings. The smallest absolute Gasteiger partial charge is 0.0368 e. The molecular weight excluding hydrogens is 196 g/mol. The van der Waals surface area contributed by atoms with Crippen molar-refractivity contribution in [2.24, 2.45) is 5.92 Å². The van der Waals surface area contributed by atoms with Crippen LogP contribution in [-0.4, -0.2) is 26.2 Å². The first-order valence-electron chi connectivity index (χ1n) is 6.19. The first-order valence-corrected chi connectivity index (χ1v) is 6.19. The van der Waals surface area contributed by atoms with Crippen LogP contribution in [0.4, 0.5) is 5.69 Å². The number of hydrogen-bond donors (Lipinski definition) is 1. The van der Waals surface area contributed by atoms with Crippen molar-refractivity contribution in [2.75, 3.05) is 25.0 Å². The fourth-order valence-electron chi connectivity index (χ4n) is 2.63. The normalized spacial score (nSPS) is 25.8. The maximum Gasteiger partial charge on any atom is 0.0368 e. The molecule has 2 unspecified atom stereocenters. The van der Waals surface area contributed by atoms with E-state index in [1.165, 1.54) is 24.2 Å². The largest absolute Gasteiger partial charge is 0.371 e. The Balaban J connectivity index is 2.07. The lowest BCUT2D eigenvalue weighted by Crippen LogP contribution is -2.47. The van der Waals surface area contributed by atoms with Crippen molar-refractivity contribution in [1.29, 1.82) is 0 Å². The number of benzene rings is 1. The summed E-state index contributed by atoms with van der Waals surface area (Å²) < 4.78 is 0. The van der Waals surface area contributed by atoms with Crippen LogP contribution in [0.2, 0.25) is 0 Å². The highest BCUT2D eigenvalue weighted by Gasteiger charge is 2.24.